The predicted octanol–water partition coefficient (Wildman–Crippen LogP) is 4.84. The third-order valence-corrected chi connectivity index (χ3v) is 6.11. The zero-order valence-electron chi connectivity index (χ0n) is 16.7. The van der Waals surface area contributed by atoms with Crippen molar-refractivity contribution in [2.75, 3.05) is 24.7 Å². The van der Waals surface area contributed by atoms with Crippen molar-refractivity contribution in [3.63, 3.8) is 0 Å². The van der Waals surface area contributed by atoms with Gasteiger partial charge in [-0.1, -0.05) is 41.1 Å². The summed E-state index contributed by atoms with van der Waals surface area (Å²) in [5, 5.41) is 8.84. The Morgan fingerprint density at radius 3 is 2.69 bits per heavy atom. The summed E-state index contributed by atoms with van der Waals surface area (Å²) in [4.78, 5) is 24.6. The van der Waals surface area contributed by atoms with E-state index in [2.05, 4.69) is 41.7 Å². The van der Waals surface area contributed by atoms with Crippen molar-refractivity contribution in [1.29, 1.82) is 0 Å². The van der Waals surface area contributed by atoms with E-state index in [4.69, 9.17) is 9.68 Å². The number of thioether (sulfide) groups is 1. The average Bonchev–Trinajstić information content (AvgIpc) is 3.14. The summed E-state index contributed by atoms with van der Waals surface area (Å²) >= 11 is 1.63. The molecule has 2 aromatic carbocycles. The first-order chi connectivity index (χ1) is 14.0. The largest absolute Gasteiger partial charge is 0.430 e. The molecule has 4 rings (SSSR count). The second kappa shape index (κ2) is 8.47. The third kappa shape index (κ3) is 4.74. The van der Waals surface area contributed by atoms with Crippen LogP contribution in [0.4, 0.5) is 10.5 Å². The molecular formula is C22H25N3O3S. The Balaban J connectivity index is 1.27. The van der Waals surface area contributed by atoms with Crippen LogP contribution in [0.15, 0.2) is 58.6 Å². The average molecular weight is 412 g/mol. The first-order valence-corrected chi connectivity index (χ1v) is 11.0. The fourth-order valence-corrected chi connectivity index (χ4v) is 4.09. The molecule has 2 heterocycles. The van der Waals surface area contributed by atoms with Gasteiger partial charge in [-0.15, -0.1) is 16.8 Å². The van der Waals surface area contributed by atoms with Gasteiger partial charge in [0.05, 0.1) is 5.71 Å². The van der Waals surface area contributed by atoms with Gasteiger partial charge in [-0.2, -0.15) is 0 Å². The van der Waals surface area contributed by atoms with Gasteiger partial charge in [0.25, 0.3) is 0 Å². The van der Waals surface area contributed by atoms with Crippen LogP contribution in [0.2, 0.25) is 0 Å². The summed E-state index contributed by atoms with van der Waals surface area (Å²) in [7, 11) is 0. The lowest BCUT2D eigenvalue weighted by atomic mass is 9.86. The van der Waals surface area contributed by atoms with Crippen LogP contribution in [-0.2, 0) is 9.68 Å². The van der Waals surface area contributed by atoms with Gasteiger partial charge in [-0.05, 0) is 36.9 Å². The molecule has 7 heteroatoms. The number of hydrogen-bond acceptors (Lipinski definition) is 6. The SMILES string of the molecule is CSc1cccc(NC(=O)ON2CCC3(CC2)CC(c2ccc(C)cc2)=NO3)c1. The van der Waals surface area contributed by atoms with Crippen molar-refractivity contribution < 1.29 is 14.5 Å². The van der Waals surface area contributed by atoms with Gasteiger partial charge < -0.3 is 9.68 Å². The summed E-state index contributed by atoms with van der Waals surface area (Å²) in [6, 6.07) is 16.0. The second-order valence-electron chi connectivity index (χ2n) is 7.52. The number of hydrogen-bond donors (Lipinski definition) is 1. The minimum Gasteiger partial charge on any atom is -0.388 e. The standard InChI is InChI=1S/C22H25N3O3S/c1-16-6-8-17(9-7-16)20-15-22(28-24-20)10-12-25(13-11-22)27-21(26)23-18-4-3-5-19(14-18)29-2/h3-9,14H,10-13,15H2,1-2H3,(H,23,26). The summed E-state index contributed by atoms with van der Waals surface area (Å²) in [5.41, 5.74) is 3.77. The maximum Gasteiger partial charge on any atom is 0.430 e. The molecule has 29 heavy (non-hydrogen) atoms. The number of aryl methyl sites for hydroxylation is 1. The quantitative estimate of drug-likeness (QED) is 0.730. The predicted molar refractivity (Wildman–Crippen MR) is 115 cm³/mol. The Kier molecular flexibility index (Phi) is 5.78. The van der Waals surface area contributed by atoms with Gasteiger partial charge in [0.1, 0.15) is 5.60 Å². The molecule has 0 unspecified atom stereocenters. The lowest BCUT2D eigenvalue weighted by Gasteiger charge is -2.35. The molecule has 1 amide bonds. The first kappa shape index (κ1) is 19.8. The van der Waals surface area contributed by atoms with Crippen molar-refractivity contribution in [3.05, 3.63) is 59.7 Å². The first-order valence-electron chi connectivity index (χ1n) is 9.75. The van der Waals surface area contributed by atoms with E-state index in [9.17, 15) is 4.79 Å². The Hall–Kier alpha value is -2.51. The number of carbonyl (C=O) groups is 1. The Morgan fingerprint density at radius 2 is 1.97 bits per heavy atom. The molecule has 0 bridgehead atoms. The second-order valence-corrected chi connectivity index (χ2v) is 8.40. The lowest BCUT2D eigenvalue weighted by molar-refractivity contribution is -0.154. The van der Waals surface area contributed by atoms with E-state index in [-0.39, 0.29) is 5.60 Å². The van der Waals surface area contributed by atoms with E-state index in [0.717, 1.165) is 41.1 Å². The van der Waals surface area contributed by atoms with Gasteiger partial charge in [0, 0.05) is 42.9 Å². The van der Waals surface area contributed by atoms with Crippen LogP contribution in [0.3, 0.4) is 0 Å². The molecule has 0 aromatic heterocycles. The molecule has 2 aliphatic heterocycles. The summed E-state index contributed by atoms with van der Waals surface area (Å²) in [6.45, 7) is 3.31. The molecule has 1 spiro atoms. The Morgan fingerprint density at radius 1 is 1.21 bits per heavy atom. The smallest absolute Gasteiger partial charge is 0.388 e. The van der Waals surface area contributed by atoms with Crippen molar-refractivity contribution in [2.45, 2.75) is 36.7 Å². The zero-order valence-corrected chi connectivity index (χ0v) is 17.5. The van der Waals surface area contributed by atoms with Crippen LogP contribution in [-0.4, -0.2) is 41.8 Å². The summed E-state index contributed by atoms with van der Waals surface area (Å²) in [5.74, 6) is 0. The molecule has 2 aromatic rings. The van der Waals surface area contributed by atoms with E-state index in [1.807, 2.05) is 30.5 Å². The van der Waals surface area contributed by atoms with E-state index in [1.54, 1.807) is 16.8 Å². The molecule has 2 aliphatic rings. The highest BCUT2D eigenvalue weighted by Gasteiger charge is 2.43. The molecular weight excluding hydrogens is 386 g/mol. The highest BCUT2D eigenvalue weighted by atomic mass is 32.2. The van der Waals surface area contributed by atoms with Crippen molar-refractivity contribution in [1.82, 2.24) is 5.06 Å². The molecule has 0 aliphatic carbocycles. The van der Waals surface area contributed by atoms with Gasteiger partial charge in [0.15, 0.2) is 0 Å². The van der Waals surface area contributed by atoms with Crippen LogP contribution < -0.4 is 5.32 Å². The van der Waals surface area contributed by atoms with Crippen molar-refractivity contribution in [3.8, 4) is 0 Å². The number of carbonyl (C=O) groups excluding carboxylic acids is 1. The summed E-state index contributed by atoms with van der Waals surface area (Å²) in [6.07, 6.45) is 3.85. The minimum absolute atomic E-state index is 0.288. The van der Waals surface area contributed by atoms with Crippen LogP contribution in [0.1, 0.15) is 30.4 Å². The maximum absolute atomic E-state index is 12.2. The number of hydroxylamine groups is 2. The fourth-order valence-electron chi connectivity index (χ4n) is 3.63. The van der Waals surface area contributed by atoms with Crippen LogP contribution in [0.25, 0.3) is 0 Å². The highest BCUT2D eigenvalue weighted by Crippen LogP contribution is 2.36. The van der Waals surface area contributed by atoms with Crippen molar-refractivity contribution in [2.24, 2.45) is 5.16 Å². The fraction of sp³-hybridized carbons (Fsp3) is 0.364. The van der Waals surface area contributed by atoms with Crippen LogP contribution >= 0.6 is 11.8 Å². The molecule has 0 saturated carbocycles. The molecule has 0 radical (unpaired) electrons. The van der Waals surface area contributed by atoms with Gasteiger partial charge >= 0.3 is 6.09 Å². The molecule has 1 saturated heterocycles. The number of nitrogens with zero attached hydrogens (tertiary/aromatic N) is 2. The number of oxime groups is 1. The Labute approximate surface area is 175 Å². The Bertz CT molecular complexity index is 906. The molecule has 1 N–H and O–H groups in total. The topological polar surface area (TPSA) is 63.2 Å². The number of anilines is 1. The molecule has 6 nitrogen and oxygen atoms in total. The van der Waals surface area contributed by atoms with E-state index in [0.29, 0.717) is 13.1 Å². The number of rotatable bonds is 4. The lowest BCUT2D eigenvalue weighted by Crippen LogP contribution is -2.45. The monoisotopic (exact) mass is 411 g/mol. The molecule has 1 fully saturated rings. The van der Waals surface area contributed by atoms with Crippen molar-refractivity contribution >= 4 is 29.3 Å². The van der Waals surface area contributed by atoms with Crippen LogP contribution in [0, 0.1) is 6.92 Å². The highest BCUT2D eigenvalue weighted by molar-refractivity contribution is 7.98. The van der Waals surface area contributed by atoms with E-state index >= 15 is 0 Å². The molecule has 152 valence electrons. The van der Waals surface area contributed by atoms with Gasteiger partial charge in [0.2, 0.25) is 0 Å². The van der Waals surface area contributed by atoms with E-state index in [1.165, 1.54) is 5.56 Å². The normalized spacial score (nSPS) is 18.2. The summed E-state index contributed by atoms with van der Waals surface area (Å²) < 4.78 is 0. The van der Waals surface area contributed by atoms with E-state index < -0.39 is 6.09 Å². The third-order valence-electron chi connectivity index (χ3n) is 5.39. The number of piperidine rings is 1. The maximum atomic E-state index is 12.2. The van der Waals surface area contributed by atoms with Gasteiger partial charge in [-0.3, -0.25) is 5.32 Å². The minimum atomic E-state index is -0.469. The number of benzene rings is 2. The van der Waals surface area contributed by atoms with Gasteiger partial charge in [-0.25, -0.2) is 4.79 Å². The number of nitrogens with one attached hydrogen (secondary N) is 1. The van der Waals surface area contributed by atoms with Crippen LogP contribution in [0.5, 0.6) is 0 Å². The number of amides is 1. The zero-order chi connectivity index (χ0) is 20.3. The molecule has 0 atom stereocenters.